The molecular formula is C27H38N6O3. The number of anilines is 1. The van der Waals surface area contributed by atoms with Crippen LogP contribution in [-0.2, 0) is 16.5 Å². The largest absolute Gasteiger partial charge is 0.490 e. The minimum atomic E-state index is 0.246. The molecule has 1 aromatic carbocycles. The lowest BCUT2D eigenvalue weighted by atomic mass is 10.1. The van der Waals surface area contributed by atoms with Crippen LogP contribution in [0.2, 0.25) is 0 Å². The number of fused-ring (bicyclic) bond motifs is 1. The molecule has 0 amide bonds. The van der Waals surface area contributed by atoms with Gasteiger partial charge in [0.15, 0.2) is 0 Å². The molecule has 4 aromatic rings. The van der Waals surface area contributed by atoms with Crippen molar-refractivity contribution in [3.8, 4) is 17.1 Å². The van der Waals surface area contributed by atoms with Gasteiger partial charge in [-0.15, -0.1) is 0 Å². The monoisotopic (exact) mass is 494 g/mol. The maximum atomic E-state index is 5.98. The molecule has 0 aliphatic carbocycles. The predicted octanol–water partition coefficient (Wildman–Crippen LogP) is 4.25. The SMILES string of the molecule is COCN(C)C.Cc1cc2cc(N)ccc2[nH]1.Cn1nccc1-c1cc(OC2CCOCC2)ccn1. The molecule has 3 N–H and O–H groups in total. The molecule has 0 spiro atoms. The van der Waals surface area contributed by atoms with Gasteiger partial charge in [0.2, 0.25) is 0 Å². The second-order valence-electron chi connectivity index (χ2n) is 8.94. The number of aryl methyl sites for hydroxylation is 2. The lowest BCUT2D eigenvalue weighted by molar-refractivity contribution is 0.0255. The summed E-state index contributed by atoms with van der Waals surface area (Å²) < 4.78 is 17.9. The zero-order valence-corrected chi connectivity index (χ0v) is 21.9. The van der Waals surface area contributed by atoms with E-state index in [4.69, 9.17) is 19.9 Å². The second-order valence-corrected chi connectivity index (χ2v) is 8.94. The summed E-state index contributed by atoms with van der Waals surface area (Å²) in [5.74, 6) is 0.859. The van der Waals surface area contributed by atoms with Crippen LogP contribution < -0.4 is 10.5 Å². The Balaban J connectivity index is 0.000000179. The first-order chi connectivity index (χ1) is 17.4. The number of aromatic nitrogens is 4. The van der Waals surface area contributed by atoms with Gasteiger partial charge >= 0.3 is 0 Å². The summed E-state index contributed by atoms with van der Waals surface area (Å²) in [5.41, 5.74) is 10.6. The van der Waals surface area contributed by atoms with Gasteiger partial charge in [0.05, 0.1) is 31.3 Å². The fourth-order valence-electron chi connectivity index (χ4n) is 3.79. The number of hydrogen-bond donors (Lipinski definition) is 2. The average molecular weight is 495 g/mol. The molecule has 0 bridgehead atoms. The van der Waals surface area contributed by atoms with Gasteiger partial charge in [-0.1, -0.05) is 0 Å². The summed E-state index contributed by atoms with van der Waals surface area (Å²) in [6.07, 6.45) is 5.68. The van der Waals surface area contributed by atoms with Gasteiger partial charge in [0.1, 0.15) is 11.9 Å². The summed E-state index contributed by atoms with van der Waals surface area (Å²) in [7, 11) is 7.51. The van der Waals surface area contributed by atoms with Crippen molar-refractivity contribution in [3.05, 3.63) is 60.6 Å². The van der Waals surface area contributed by atoms with Crippen LogP contribution >= 0.6 is 0 Å². The second kappa shape index (κ2) is 13.6. The van der Waals surface area contributed by atoms with Gasteiger partial charge in [-0.25, -0.2) is 0 Å². The fourth-order valence-corrected chi connectivity index (χ4v) is 3.79. The first-order valence-corrected chi connectivity index (χ1v) is 12.0. The molecule has 3 aromatic heterocycles. The smallest absolute Gasteiger partial charge is 0.123 e. The van der Waals surface area contributed by atoms with Crippen LogP contribution in [0.25, 0.3) is 22.3 Å². The third-order valence-electron chi connectivity index (χ3n) is 5.45. The number of benzene rings is 1. The zero-order valence-electron chi connectivity index (χ0n) is 21.9. The Labute approximate surface area is 213 Å². The molecule has 194 valence electrons. The van der Waals surface area contributed by atoms with E-state index < -0.39 is 0 Å². The lowest BCUT2D eigenvalue weighted by Gasteiger charge is -2.23. The topological polar surface area (TPSA) is 103 Å². The maximum Gasteiger partial charge on any atom is 0.123 e. The number of aromatic amines is 1. The van der Waals surface area contributed by atoms with Gasteiger partial charge in [-0.05, 0) is 57.4 Å². The molecule has 36 heavy (non-hydrogen) atoms. The Morgan fingerprint density at radius 2 is 1.89 bits per heavy atom. The quantitative estimate of drug-likeness (QED) is 0.316. The Hall–Kier alpha value is -3.40. The summed E-state index contributed by atoms with van der Waals surface area (Å²) in [6.45, 7) is 4.31. The Bertz CT molecular complexity index is 1200. The van der Waals surface area contributed by atoms with Crippen molar-refractivity contribution in [1.82, 2.24) is 24.6 Å². The molecular weight excluding hydrogens is 456 g/mol. The standard InChI is InChI=1S/C14H17N3O2.C9H10N2.C4H11NO/c1-17-14(3-7-16-17)13-10-12(2-6-15-13)19-11-4-8-18-9-5-11;1-6-4-7-5-8(10)2-3-9(7)11-6;1-5(2)4-6-3/h2-3,6-7,10-11H,4-5,8-9H2,1H3;2-5,11H,10H2,1H3;4H2,1-3H3. The van der Waals surface area contributed by atoms with Gasteiger partial charge in [0, 0.05) is 67.7 Å². The molecule has 9 heteroatoms. The number of pyridine rings is 1. The highest BCUT2D eigenvalue weighted by molar-refractivity contribution is 5.83. The number of nitrogens with zero attached hydrogens (tertiary/aromatic N) is 4. The molecule has 0 unspecified atom stereocenters. The number of H-pyrrole nitrogens is 1. The van der Waals surface area contributed by atoms with Gasteiger partial charge < -0.3 is 24.9 Å². The number of nitrogens with two attached hydrogens (primary N) is 1. The molecule has 1 saturated heterocycles. The third kappa shape index (κ3) is 8.37. The van der Waals surface area contributed by atoms with E-state index in [0.29, 0.717) is 6.73 Å². The summed E-state index contributed by atoms with van der Waals surface area (Å²) in [6, 6.07) is 13.8. The zero-order chi connectivity index (χ0) is 25.9. The van der Waals surface area contributed by atoms with E-state index in [1.54, 1.807) is 24.2 Å². The van der Waals surface area contributed by atoms with Crippen molar-refractivity contribution < 1.29 is 14.2 Å². The number of rotatable bonds is 5. The van der Waals surface area contributed by atoms with Crippen molar-refractivity contribution in [3.63, 3.8) is 0 Å². The van der Waals surface area contributed by atoms with Crippen LogP contribution in [-0.4, -0.2) is 71.9 Å². The van der Waals surface area contributed by atoms with Crippen molar-refractivity contribution >= 4 is 16.6 Å². The van der Waals surface area contributed by atoms with Gasteiger partial charge in [-0.3, -0.25) is 14.6 Å². The molecule has 0 atom stereocenters. The number of ether oxygens (including phenoxy) is 3. The molecule has 1 aliphatic rings. The fraction of sp³-hybridized carbons (Fsp3) is 0.407. The summed E-state index contributed by atoms with van der Waals surface area (Å²) in [4.78, 5) is 9.56. The van der Waals surface area contributed by atoms with E-state index in [0.717, 1.165) is 54.4 Å². The van der Waals surface area contributed by atoms with Crippen molar-refractivity contribution in [2.75, 3.05) is 46.9 Å². The van der Waals surface area contributed by atoms with Crippen LogP contribution in [0.3, 0.4) is 0 Å². The van der Waals surface area contributed by atoms with E-state index in [1.807, 2.05) is 69.4 Å². The van der Waals surface area contributed by atoms with Crippen molar-refractivity contribution in [2.45, 2.75) is 25.9 Å². The minimum absolute atomic E-state index is 0.246. The molecule has 0 radical (unpaired) electrons. The first kappa shape index (κ1) is 27.2. The Morgan fingerprint density at radius 3 is 2.53 bits per heavy atom. The van der Waals surface area contributed by atoms with Crippen LogP contribution in [0.4, 0.5) is 5.69 Å². The van der Waals surface area contributed by atoms with E-state index in [2.05, 4.69) is 21.1 Å². The highest BCUT2D eigenvalue weighted by atomic mass is 16.5. The predicted molar refractivity (Wildman–Crippen MR) is 144 cm³/mol. The number of nitrogens with one attached hydrogen (secondary N) is 1. The first-order valence-electron chi connectivity index (χ1n) is 12.0. The number of nitrogen functional groups attached to an aromatic ring is 1. The molecule has 5 rings (SSSR count). The number of hydrogen-bond acceptors (Lipinski definition) is 7. The summed E-state index contributed by atoms with van der Waals surface area (Å²) >= 11 is 0. The molecule has 4 heterocycles. The van der Waals surface area contributed by atoms with Crippen LogP contribution in [0.1, 0.15) is 18.5 Å². The van der Waals surface area contributed by atoms with Gasteiger partial charge in [-0.2, -0.15) is 5.10 Å². The normalized spacial score (nSPS) is 13.6. The summed E-state index contributed by atoms with van der Waals surface area (Å²) in [5, 5.41) is 5.34. The van der Waals surface area contributed by atoms with Crippen LogP contribution in [0, 0.1) is 6.92 Å². The minimum Gasteiger partial charge on any atom is -0.490 e. The molecule has 0 saturated carbocycles. The van der Waals surface area contributed by atoms with E-state index in [-0.39, 0.29) is 6.10 Å². The maximum absolute atomic E-state index is 5.98. The Morgan fingerprint density at radius 1 is 1.11 bits per heavy atom. The van der Waals surface area contributed by atoms with Crippen molar-refractivity contribution in [2.24, 2.45) is 7.05 Å². The van der Waals surface area contributed by atoms with Crippen LogP contribution in [0.5, 0.6) is 5.75 Å². The highest BCUT2D eigenvalue weighted by Gasteiger charge is 2.16. The van der Waals surface area contributed by atoms with Crippen LogP contribution in [0.15, 0.2) is 54.9 Å². The number of methoxy groups -OCH3 is 1. The Kier molecular flexibility index (Phi) is 10.3. The third-order valence-corrected chi connectivity index (χ3v) is 5.45. The molecule has 9 nitrogen and oxygen atoms in total. The van der Waals surface area contributed by atoms with E-state index in [1.165, 1.54) is 11.1 Å². The average Bonchev–Trinajstić information content (AvgIpc) is 3.44. The van der Waals surface area contributed by atoms with E-state index in [9.17, 15) is 0 Å². The highest BCUT2D eigenvalue weighted by Crippen LogP contribution is 2.23. The van der Waals surface area contributed by atoms with Crippen molar-refractivity contribution in [1.29, 1.82) is 0 Å². The van der Waals surface area contributed by atoms with E-state index >= 15 is 0 Å². The molecule has 1 fully saturated rings. The lowest BCUT2D eigenvalue weighted by Crippen LogP contribution is -2.25. The van der Waals surface area contributed by atoms with Gasteiger partial charge in [0.25, 0.3) is 0 Å². The molecule has 1 aliphatic heterocycles.